The minimum atomic E-state index is -3.00. The molecule has 1 heterocycles. The smallest absolute Gasteiger partial charge is 0.251 e. The Kier molecular flexibility index (Phi) is 5.98. The zero-order valence-electron chi connectivity index (χ0n) is 11.0. The van der Waals surface area contributed by atoms with Crippen molar-refractivity contribution in [3.8, 4) is 0 Å². The van der Waals surface area contributed by atoms with Crippen LogP contribution in [0.3, 0.4) is 0 Å². The topological polar surface area (TPSA) is 89.3 Å². The number of nitrogens with two attached hydrogens (primary N) is 1. The van der Waals surface area contributed by atoms with E-state index in [4.69, 9.17) is 5.73 Å². The summed E-state index contributed by atoms with van der Waals surface area (Å²) in [5.74, 6) is 0.0372. The standard InChI is InChI=1S/C13H18N2O3S.ClH/c14-8-10-3-5-11(6-4-10)13(16)15-12-2-1-7-19(17,18)9-12;/h3-6,12H,1-2,7-9,14H2,(H,15,16);1H. The first-order chi connectivity index (χ1) is 9.00. The van der Waals surface area contributed by atoms with Crippen LogP contribution >= 0.6 is 12.4 Å². The van der Waals surface area contributed by atoms with Gasteiger partial charge in [0.05, 0.1) is 11.5 Å². The molecule has 0 aromatic heterocycles. The molecule has 7 heteroatoms. The SMILES string of the molecule is Cl.NCc1ccc(C(=O)NC2CCCS(=O)(=O)C2)cc1. The zero-order chi connectivity index (χ0) is 13.9. The maximum absolute atomic E-state index is 12.0. The highest BCUT2D eigenvalue weighted by molar-refractivity contribution is 7.91. The van der Waals surface area contributed by atoms with Crippen LogP contribution in [0.15, 0.2) is 24.3 Å². The monoisotopic (exact) mass is 318 g/mol. The van der Waals surface area contributed by atoms with Gasteiger partial charge >= 0.3 is 0 Å². The van der Waals surface area contributed by atoms with E-state index in [-0.39, 0.29) is 35.9 Å². The summed E-state index contributed by atoms with van der Waals surface area (Å²) in [6.07, 6.45) is 1.32. The maximum Gasteiger partial charge on any atom is 0.251 e. The third kappa shape index (κ3) is 4.47. The molecule has 112 valence electrons. The number of benzene rings is 1. The van der Waals surface area contributed by atoms with E-state index in [0.29, 0.717) is 24.9 Å². The van der Waals surface area contributed by atoms with Crippen molar-refractivity contribution < 1.29 is 13.2 Å². The summed E-state index contributed by atoms with van der Waals surface area (Å²) in [5, 5.41) is 2.78. The summed E-state index contributed by atoms with van der Waals surface area (Å²) in [4.78, 5) is 12.0. The van der Waals surface area contributed by atoms with Gasteiger partial charge in [-0.25, -0.2) is 8.42 Å². The molecule has 1 atom stereocenters. The molecule has 1 aromatic rings. The van der Waals surface area contributed by atoms with Crippen LogP contribution in [0.4, 0.5) is 0 Å². The highest BCUT2D eigenvalue weighted by atomic mass is 35.5. The van der Waals surface area contributed by atoms with E-state index in [1.165, 1.54) is 0 Å². The third-order valence-electron chi connectivity index (χ3n) is 3.25. The second-order valence-corrected chi connectivity index (χ2v) is 7.06. The summed E-state index contributed by atoms with van der Waals surface area (Å²) >= 11 is 0. The van der Waals surface area contributed by atoms with E-state index in [1.54, 1.807) is 24.3 Å². The van der Waals surface area contributed by atoms with Crippen LogP contribution in [0.2, 0.25) is 0 Å². The Labute approximate surface area is 125 Å². The van der Waals surface area contributed by atoms with Crippen LogP contribution < -0.4 is 11.1 Å². The molecule has 0 bridgehead atoms. The fourth-order valence-corrected chi connectivity index (χ4v) is 3.83. The van der Waals surface area contributed by atoms with Crippen molar-refractivity contribution in [1.82, 2.24) is 5.32 Å². The van der Waals surface area contributed by atoms with Crippen molar-refractivity contribution in [2.75, 3.05) is 11.5 Å². The van der Waals surface area contributed by atoms with E-state index in [1.807, 2.05) is 0 Å². The summed E-state index contributed by atoms with van der Waals surface area (Å²) in [6.45, 7) is 0.433. The van der Waals surface area contributed by atoms with E-state index in [0.717, 1.165) is 5.56 Å². The van der Waals surface area contributed by atoms with Crippen LogP contribution in [0.5, 0.6) is 0 Å². The number of amides is 1. The quantitative estimate of drug-likeness (QED) is 0.865. The number of carbonyl (C=O) groups excluding carboxylic acids is 1. The van der Waals surface area contributed by atoms with Crippen LogP contribution in [0.25, 0.3) is 0 Å². The average Bonchev–Trinajstić information content (AvgIpc) is 2.37. The molecule has 1 aliphatic rings. The molecule has 1 aliphatic heterocycles. The number of hydrogen-bond acceptors (Lipinski definition) is 4. The van der Waals surface area contributed by atoms with Gasteiger partial charge in [-0.2, -0.15) is 0 Å². The Morgan fingerprint density at radius 1 is 1.30 bits per heavy atom. The van der Waals surface area contributed by atoms with Crippen LogP contribution in [0.1, 0.15) is 28.8 Å². The second-order valence-electron chi connectivity index (χ2n) is 4.83. The largest absolute Gasteiger partial charge is 0.348 e. The molecule has 1 unspecified atom stereocenters. The van der Waals surface area contributed by atoms with Gasteiger partial charge in [-0.05, 0) is 30.5 Å². The lowest BCUT2D eigenvalue weighted by Crippen LogP contribution is -2.43. The Morgan fingerprint density at radius 2 is 1.95 bits per heavy atom. The van der Waals surface area contributed by atoms with Gasteiger partial charge in [0.2, 0.25) is 0 Å². The van der Waals surface area contributed by atoms with Crippen LogP contribution in [0, 0.1) is 0 Å². The summed E-state index contributed by atoms with van der Waals surface area (Å²) in [6, 6.07) is 6.73. The first-order valence-corrected chi connectivity index (χ1v) is 8.12. The number of halogens is 1. The molecule has 1 amide bonds. The molecule has 3 N–H and O–H groups in total. The summed E-state index contributed by atoms with van der Waals surface area (Å²) in [5.41, 5.74) is 6.97. The Balaban J connectivity index is 0.00000200. The lowest BCUT2D eigenvalue weighted by Gasteiger charge is -2.23. The number of carbonyl (C=O) groups is 1. The molecule has 2 rings (SSSR count). The highest BCUT2D eigenvalue weighted by Gasteiger charge is 2.26. The molecule has 1 aromatic carbocycles. The average molecular weight is 319 g/mol. The van der Waals surface area contributed by atoms with Crippen molar-refractivity contribution in [1.29, 1.82) is 0 Å². The van der Waals surface area contributed by atoms with E-state index < -0.39 is 9.84 Å². The van der Waals surface area contributed by atoms with Gasteiger partial charge in [-0.1, -0.05) is 12.1 Å². The molecule has 1 fully saturated rings. The number of hydrogen-bond donors (Lipinski definition) is 2. The Hall–Kier alpha value is -1.11. The van der Waals surface area contributed by atoms with Crippen molar-refractivity contribution in [2.45, 2.75) is 25.4 Å². The molecular weight excluding hydrogens is 300 g/mol. The first-order valence-electron chi connectivity index (χ1n) is 6.30. The first kappa shape index (κ1) is 16.9. The van der Waals surface area contributed by atoms with E-state index in [9.17, 15) is 13.2 Å². The van der Waals surface area contributed by atoms with Crippen LogP contribution in [-0.2, 0) is 16.4 Å². The molecule has 5 nitrogen and oxygen atoms in total. The van der Waals surface area contributed by atoms with Crippen molar-refractivity contribution in [2.24, 2.45) is 5.73 Å². The van der Waals surface area contributed by atoms with Gasteiger partial charge in [-0.15, -0.1) is 12.4 Å². The Morgan fingerprint density at radius 3 is 2.50 bits per heavy atom. The predicted octanol–water partition coefficient (Wildman–Crippen LogP) is 0.874. The highest BCUT2D eigenvalue weighted by Crippen LogP contribution is 2.13. The fourth-order valence-electron chi connectivity index (χ4n) is 2.20. The van der Waals surface area contributed by atoms with Gasteiger partial charge < -0.3 is 11.1 Å². The van der Waals surface area contributed by atoms with Gasteiger partial charge in [0.15, 0.2) is 9.84 Å². The van der Waals surface area contributed by atoms with Gasteiger partial charge in [-0.3, -0.25) is 4.79 Å². The third-order valence-corrected chi connectivity index (χ3v) is 5.07. The molecule has 0 aliphatic carbocycles. The predicted molar refractivity (Wildman–Crippen MR) is 80.7 cm³/mol. The maximum atomic E-state index is 12.0. The molecule has 0 saturated carbocycles. The van der Waals surface area contributed by atoms with Crippen molar-refractivity contribution in [3.05, 3.63) is 35.4 Å². The lowest BCUT2D eigenvalue weighted by atomic mass is 10.1. The lowest BCUT2D eigenvalue weighted by molar-refractivity contribution is 0.0938. The van der Waals surface area contributed by atoms with E-state index in [2.05, 4.69) is 5.32 Å². The normalized spacial score (nSPS) is 20.8. The van der Waals surface area contributed by atoms with Crippen molar-refractivity contribution in [3.63, 3.8) is 0 Å². The van der Waals surface area contributed by atoms with E-state index >= 15 is 0 Å². The van der Waals surface area contributed by atoms with Gasteiger partial charge in [0, 0.05) is 18.2 Å². The Bertz CT molecular complexity index is 557. The zero-order valence-corrected chi connectivity index (χ0v) is 12.7. The summed E-state index contributed by atoms with van der Waals surface area (Å²) < 4.78 is 23.0. The molecular formula is C13H19ClN2O3S. The van der Waals surface area contributed by atoms with Gasteiger partial charge in [0.25, 0.3) is 5.91 Å². The molecule has 1 saturated heterocycles. The number of rotatable bonds is 3. The minimum Gasteiger partial charge on any atom is -0.348 e. The van der Waals surface area contributed by atoms with Crippen molar-refractivity contribution >= 4 is 28.2 Å². The fraction of sp³-hybridized carbons (Fsp3) is 0.462. The second kappa shape index (κ2) is 7.06. The summed E-state index contributed by atoms with van der Waals surface area (Å²) in [7, 11) is -3.00. The number of nitrogens with one attached hydrogen (secondary N) is 1. The van der Waals surface area contributed by atoms with Crippen LogP contribution in [-0.4, -0.2) is 31.9 Å². The molecule has 20 heavy (non-hydrogen) atoms. The molecule has 0 spiro atoms. The minimum absolute atomic E-state index is 0. The molecule has 0 radical (unpaired) electrons. The van der Waals surface area contributed by atoms with Gasteiger partial charge in [0.1, 0.15) is 0 Å². The number of sulfone groups is 1.